The fourth-order valence-corrected chi connectivity index (χ4v) is 3.09. The molecule has 0 radical (unpaired) electrons. The molecule has 184 valence electrons. The number of nitrogens with one attached hydrogen (secondary N) is 2. The van der Waals surface area contributed by atoms with E-state index in [0.29, 0.717) is 5.56 Å². The van der Waals surface area contributed by atoms with Crippen molar-refractivity contribution in [2.24, 2.45) is 0 Å². The molecule has 2 atom stereocenters. The number of rotatable bonds is 7. The Kier molecular flexibility index (Phi) is 9.45. The molecule has 0 spiro atoms. The van der Waals surface area contributed by atoms with E-state index in [1.54, 1.807) is 53.7 Å². The van der Waals surface area contributed by atoms with E-state index in [4.69, 9.17) is 4.74 Å². The van der Waals surface area contributed by atoms with Gasteiger partial charge in [-0.05, 0) is 61.0 Å². The molecule has 2 unspecified atom stereocenters. The molecular formula is C24H37N3O6. The first-order valence-corrected chi connectivity index (χ1v) is 10.8. The van der Waals surface area contributed by atoms with Gasteiger partial charge in [-0.25, -0.2) is 4.79 Å². The van der Waals surface area contributed by atoms with Crippen molar-refractivity contribution in [2.75, 3.05) is 13.7 Å². The van der Waals surface area contributed by atoms with Gasteiger partial charge < -0.3 is 25.0 Å². The number of methoxy groups -OCH3 is 1. The van der Waals surface area contributed by atoms with Gasteiger partial charge in [-0.3, -0.25) is 14.4 Å². The Hall–Kier alpha value is -3.10. The number of nitrogens with zero attached hydrogens (tertiary/aromatic N) is 1. The Labute approximate surface area is 196 Å². The molecule has 0 aliphatic rings. The highest BCUT2D eigenvalue weighted by Crippen LogP contribution is 2.30. The van der Waals surface area contributed by atoms with Crippen molar-refractivity contribution < 1.29 is 28.7 Å². The summed E-state index contributed by atoms with van der Waals surface area (Å²) < 4.78 is 9.86. The van der Waals surface area contributed by atoms with Crippen LogP contribution in [0.4, 0.5) is 4.79 Å². The molecule has 0 aliphatic carbocycles. The maximum atomic E-state index is 13.6. The van der Waals surface area contributed by atoms with Crippen molar-refractivity contribution in [1.29, 1.82) is 0 Å². The van der Waals surface area contributed by atoms with Crippen LogP contribution in [-0.4, -0.2) is 59.6 Å². The number of ether oxygens (including phenoxy) is 2. The number of alkyl carbamates (subject to hydrolysis) is 1. The standard InChI is InChI=1S/C24H37N3O6/c1-15-10-12-17(13-11-15)19(20(29)25-14-18(28)32-9)27(23(3,4)5)21(30)16(2)26-22(31)33-24(6,7)8/h10-13,16,19H,14H2,1-9H3,(H,25,29)(H,26,31). The van der Waals surface area contributed by atoms with Gasteiger partial charge in [0.05, 0.1) is 7.11 Å². The van der Waals surface area contributed by atoms with Crippen molar-refractivity contribution in [3.05, 3.63) is 35.4 Å². The summed E-state index contributed by atoms with van der Waals surface area (Å²) in [6.45, 7) is 13.6. The number of carbonyl (C=O) groups excluding carboxylic acids is 4. The van der Waals surface area contributed by atoms with E-state index >= 15 is 0 Å². The van der Waals surface area contributed by atoms with Gasteiger partial charge in [0, 0.05) is 5.54 Å². The molecule has 0 aromatic heterocycles. The fraction of sp³-hybridized carbons (Fsp3) is 0.583. The number of carbonyl (C=O) groups is 4. The summed E-state index contributed by atoms with van der Waals surface area (Å²) in [4.78, 5) is 52.0. The van der Waals surface area contributed by atoms with Crippen molar-refractivity contribution in [2.45, 2.75) is 78.6 Å². The number of hydrogen-bond donors (Lipinski definition) is 2. The Bertz CT molecular complexity index is 852. The number of amides is 3. The van der Waals surface area contributed by atoms with E-state index in [-0.39, 0.29) is 6.54 Å². The number of hydrogen-bond acceptors (Lipinski definition) is 6. The van der Waals surface area contributed by atoms with Crippen LogP contribution < -0.4 is 10.6 Å². The summed E-state index contributed by atoms with van der Waals surface area (Å²) in [5.41, 5.74) is 0.0187. The molecule has 9 heteroatoms. The van der Waals surface area contributed by atoms with Crippen LogP contribution in [0.15, 0.2) is 24.3 Å². The van der Waals surface area contributed by atoms with Crippen LogP contribution in [0.5, 0.6) is 0 Å². The summed E-state index contributed by atoms with van der Waals surface area (Å²) in [6, 6.07) is 5.17. The molecule has 1 aromatic rings. The van der Waals surface area contributed by atoms with Crippen LogP contribution >= 0.6 is 0 Å². The van der Waals surface area contributed by atoms with Gasteiger partial charge >= 0.3 is 12.1 Å². The summed E-state index contributed by atoms with van der Waals surface area (Å²) in [7, 11) is 1.22. The molecular weight excluding hydrogens is 426 g/mol. The smallest absolute Gasteiger partial charge is 0.408 e. The first-order valence-electron chi connectivity index (χ1n) is 10.8. The molecule has 0 saturated carbocycles. The lowest BCUT2D eigenvalue weighted by Crippen LogP contribution is -2.58. The van der Waals surface area contributed by atoms with Crippen LogP contribution in [0.25, 0.3) is 0 Å². The third-order valence-electron chi connectivity index (χ3n) is 4.60. The second-order valence-electron chi connectivity index (χ2n) is 9.85. The van der Waals surface area contributed by atoms with E-state index in [1.807, 2.05) is 19.1 Å². The molecule has 2 N–H and O–H groups in total. The molecule has 1 aromatic carbocycles. The molecule has 0 bridgehead atoms. The largest absolute Gasteiger partial charge is 0.468 e. The van der Waals surface area contributed by atoms with Gasteiger partial charge in [0.1, 0.15) is 24.2 Å². The minimum Gasteiger partial charge on any atom is -0.468 e. The lowest BCUT2D eigenvalue weighted by molar-refractivity contribution is -0.149. The average Bonchev–Trinajstić information content (AvgIpc) is 2.67. The second kappa shape index (κ2) is 11.2. The summed E-state index contributed by atoms with van der Waals surface area (Å²) >= 11 is 0. The fourth-order valence-electron chi connectivity index (χ4n) is 3.09. The van der Waals surface area contributed by atoms with E-state index < -0.39 is 47.1 Å². The predicted molar refractivity (Wildman–Crippen MR) is 124 cm³/mol. The van der Waals surface area contributed by atoms with Gasteiger partial charge in [-0.2, -0.15) is 0 Å². The maximum Gasteiger partial charge on any atom is 0.408 e. The highest BCUT2D eigenvalue weighted by atomic mass is 16.6. The summed E-state index contributed by atoms with van der Waals surface area (Å²) in [5, 5.41) is 5.09. The molecule has 0 heterocycles. The van der Waals surface area contributed by atoms with Gasteiger partial charge in [-0.15, -0.1) is 0 Å². The van der Waals surface area contributed by atoms with E-state index in [1.165, 1.54) is 18.9 Å². The van der Waals surface area contributed by atoms with Crippen LogP contribution in [-0.2, 0) is 23.9 Å². The lowest BCUT2D eigenvalue weighted by atomic mass is 9.95. The third kappa shape index (κ3) is 8.75. The number of aryl methyl sites for hydroxylation is 1. The minimum atomic E-state index is -1.05. The highest BCUT2D eigenvalue weighted by molar-refractivity contribution is 5.93. The third-order valence-corrected chi connectivity index (χ3v) is 4.60. The van der Waals surface area contributed by atoms with Crippen molar-refractivity contribution >= 4 is 23.9 Å². The van der Waals surface area contributed by atoms with Gasteiger partial charge in [0.25, 0.3) is 0 Å². The molecule has 33 heavy (non-hydrogen) atoms. The predicted octanol–water partition coefficient (Wildman–Crippen LogP) is 2.87. The van der Waals surface area contributed by atoms with E-state index in [9.17, 15) is 19.2 Å². The molecule has 9 nitrogen and oxygen atoms in total. The minimum absolute atomic E-state index is 0.338. The first kappa shape index (κ1) is 27.9. The summed E-state index contributed by atoms with van der Waals surface area (Å²) in [6.07, 6.45) is -0.737. The average molecular weight is 464 g/mol. The SMILES string of the molecule is COC(=O)CNC(=O)C(c1ccc(C)cc1)N(C(=O)C(C)NC(=O)OC(C)(C)C)C(C)(C)C. The quantitative estimate of drug-likeness (QED) is 0.601. The van der Waals surface area contributed by atoms with E-state index in [2.05, 4.69) is 15.4 Å². The molecule has 0 fully saturated rings. The molecule has 1 rings (SSSR count). The highest BCUT2D eigenvalue weighted by Gasteiger charge is 2.40. The molecule has 0 aliphatic heterocycles. The Morgan fingerprint density at radius 3 is 2.00 bits per heavy atom. The van der Waals surface area contributed by atoms with Crippen LogP contribution in [0.2, 0.25) is 0 Å². The van der Waals surface area contributed by atoms with Crippen LogP contribution in [0, 0.1) is 6.92 Å². The van der Waals surface area contributed by atoms with Gasteiger partial charge in [0.15, 0.2) is 0 Å². The Morgan fingerprint density at radius 2 is 1.55 bits per heavy atom. The monoisotopic (exact) mass is 463 g/mol. The van der Waals surface area contributed by atoms with Crippen molar-refractivity contribution in [1.82, 2.24) is 15.5 Å². The van der Waals surface area contributed by atoms with Crippen molar-refractivity contribution in [3.8, 4) is 0 Å². The molecule has 0 saturated heterocycles. The number of benzene rings is 1. The Balaban J connectivity index is 3.35. The zero-order valence-corrected chi connectivity index (χ0v) is 21.1. The maximum absolute atomic E-state index is 13.6. The van der Waals surface area contributed by atoms with E-state index in [0.717, 1.165) is 5.56 Å². The first-order chi connectivity index (χ1) is 15.1. The molecule has 3 amide bonds. The lowest BCUT2D eigenvalue weighted by Gasteiger charge is -2.42. The normalized spacial score (nSPS) is 13.4. The second-order valence-corrected chi connectivity index (χ2v) is 9.85. The Morgan fingerprint density at radius 1 is 1.00 bits per heavy atom. The zero-order chi connectivity index (χ0) is 25.6. The van der Waals surface area contributed by atoms with Crippen molar-refractivity contribution in [3.63, 3.8) is 0 Å². The van der Waals surface area contributed by atoms with Crippen LogP contribution in [0.3, 0.4) is 0 Å². The van der Waals surface area contributed by atoms with Gasteiger partial charge in [-0.1, -0.05) is 29.8 Å². The van der Waals surface area contributed by atoms with Gasteiger partial charge in [0.2, 0.25) is 11.8 Å². The zero-order valence-electron chi connectivity index (χ0n) is 21.1. The number of esters is 1. The summed E-state index contributed by atoms with van der Waals surface area (Å²) in [5.74, 6) is -1.64. The topological polar surface area (TPSA) is 114 Å². The van der Waals surface area contributed by atoms with Crippen LogP contribution in [0.1, 0.15) is 65.6 Å².